The average Bonchev–Trinajstić information content (AvgIpc) is 3.19. The van der Waals surface area contributed by atoms with Crippen LogP contribution in [0, 0.1) is 5.82 Å². The normalized spacial score (nSPS) is 21.8. The average molecular weight is 485 g/mol. The van der Waals surface area contributed by atoms with Crippen molar-refractivity contribution in [1.29, 1.82) is 0 Å². The first kappa shape index (κ1) is 22.5. The Morgan fingerprint density at radius 1 is 1.00 bits per heavy atom. The molecule has 8 heteroatoms. The monoisotopic (exact) mass is 484 g/mol. The number of hydrogen-bond donors (Lipinski definition) is 1. The van der Waals surface area contributed by atoms with E-state index >= 15 is 0 Å². The Bertz CT molecular complexity index is 1380. The highest BCUT2D eigenvalue weighted by atomic mass is 19.1. The Labute approximate surface area is 207 Å². The van der Waals surface area contributed by atoms with Crippen LogP contribution in [0.4, 0.5) is 4.39 Å². The van der Waals surface area contributed by atoms with Gasteiger partial charge in [-0.05, 0) is 42.2 Å². The molecule has 3 amide bonds. The standard InChI is InChI=1S/C28H25FN4O3/c29-22-14-30-23(13-20(22)15-32-11-10-24(32)17-4-2-1-3-5-17)18-6-7-21-19(12-18)16-33(28(21)36)25-8-9-26(34)31-27(25)35/h1-7,12-14,24-25H,8-11,15-16H2,(H,31,34,35). The first-order valence-electron chi connectivity index (χ1n) is 12.2. The van der Waals surface area contributed by atoms with Gasteiger partial charge in [0.25, 0.3) is 5.91 Å². The van der Waals surface area contributed by atoms with Crippen molar-refractivity contribution < 1.29 is 18.8 Å². The van der Waals surface area contributed by atoms with Crippen LogP contribution in [0.25, 0.3) is 11.3 Å². The first-order chi connectivity index (χ1) is 17.5. The number of likely N-dealkylation sites (tertiary alicyclic amines) is 1. The number of imide groups is 1. The Morgan fingerprint density at radius 3 is 2.58 bits per heavy atom. The van der Waals surface area contributed by atoms with Crippen molar-refractivity contribution in [3.05, 3.63) is 88.9 Å². The van der Waals surface area contributed by atoms with Crippen LogP contribution in [0.5, 0.6) is 0 Å². The lowest BCUT2D eigenvalue weighted by Gasteiger charge is -2.41. The van der Waals surface area contributed by atoms with E-state index in [4.69, 9.17) is 0 Å². The molecule has 3 aliphatic rings. The van der Waals surface area contributed by atoms with E-state index in [0.717, 1.165) is 24.1 Å². The van der Waals surface area contributed by atoms with Gasteiger partial charge in [0, 0.05) is 48.8 Å². The molecule has 3 aromatic rings. The van der Waals surface area contributed by atoms with Crippen LogP contribution >= 0.6 is 0 Å². The molecule has 36 heavy (non-hydrogen) atoms. The third-order valence-corrected chi connectivity index (χ3v) is 7.44. The Kier molecular flexibility index (Phi) is 5.60. The number of nitrogens with zero attached hydrogens (tertiary/aromatic N) is 3. The highest BCUT2D eigenvalue weighted by Gasteiger charge is 2.39. The zero-order chi connectivity index (χ0) is 24.8. The molecule has 2 unspecified atom stereocenters. The molecule has 0 saturated carbocycles. The van der Waals surface area contributed by atoms with Gasteiger partial charge in [0.15, 0.2) is 0 Å². The van der Waals surface area contributed by atoms with E-state index in [2.05, 4.69) is 27.3 Å². The molecular formula is C28H25FN4O3. The number of pyridine rings is 1. The van der Waals surface area contributed by atoms with Gasteiger partial charge < -0.3 is 4.90 Å². The molecule has 0 bridgehead atoms. The number of rotatable bonds is 5. The summed E-state index contributed by atoms with van der Waals surface area (Å²) < 4.78 is 14.7. The molecule has 1 aromatic heterocycles. The third-order valence-electron chi connectivity index (χ3n) is 7.44. The van der Waals surface area contributed by atoms with Crippen molar-refractivity contribution >= 4 is 17.7 Å². The maximum Gasteiger partial charge on any atom is 0.255 e. The summed E-state index contributed by atoms with van der Waals surface area (Å²) in [6, 6.07) is 17.1. The summed E-state index contributed by atoms with van der Waals surface area (Å²) >= 11 is 0. The Morgan fingerprint density at radius 2 is 1.83 bits per heavy atom. The third kappa shape index (κ3) is 3.97. The lowest BCUT2D eigenvalue weighted by Crippen LogP contribution is -2.52. The minimum atomic E-state index is -0.657. The quantitative estimate of drug-likeness (QED) is 0.560. The fourth-order valence-electron chi connectivity index (χ4n) is 5.39. The fraction of sp³-hybridized carbons (Fsp3) is 0.286. The molecule has 2 saturated heterocycles. The second-order valence-corrected chi connectivity index (χ2v) is 9.62. The van der Waals surface area contributed by atoms with Crippen LogP contribution in [0.1, 0.15) is 52.4 Å². The molecule has 6 rings (SSSR count). The van der Waals surface area contributed by atoms with Gasteiger partial charge in [-0.3, -0.25) is 29.6 Å². The van der Waals surface area contributed by atoms with Crippen LogP contribution in [-0.2, 0) is 22.7 Å². The van der Waals surface area contributed by atoms with Gasteiger partial charge in [0.1, 0.15) is 11.9 Å². The van der Waals surface area contributed by atoms with E-state index in [9.17, 15) is 18.8 Å². The number of nitrogens with one attached hydrogen (secondary N) is 1. The van der Waals surface area contributed by atoms with E-state index in [-0.39, 0.29) is 36.6 Å². The molecule has 0 radical (unpaired) electrons. The van der Waals surface area contributed by atoms with Crippen molar-refractivity contribution in [2.45, 2.75) is 44.4 Å². The van der Waals surface area contributed by atoms with Gasteiger partial charge in [-0.1, -0.05) is 36.4 Å². The number of carbonyl (C=O) groups excluding carboxylic acids is 3. The number of aromatic nitrogens is 1. The predicted molar refractivity (Wildman–Crippen MR) is 130 cm³/mol. The molecule has 7 nitrogen and oxygen atoms in total. The Balaban J connectivity index is 1.22. The number of amides is 3. The summed E-state index contributed by atoms with van der Waals surface area (Å²) in [4.78, 5) is 44.9. The predicted octanol–water partition coefficient (Wildman–Crippen LogP) is 3.60. The molecule has 0 aliphatic carbocycles. The Hall–Kier alpha value is -3.91. The van der Waals surface area contributed by atoms with Gasteiger partial charge in [-0.25, -0.2) is 4.39 Å². The second kappa shape index (κ2) is 8.95. The van der Waals surface area contributed by atoms with Crippen molar-refractivity contribution in [3.8, 4) is 11.3 Å². The van der Waals surface area contributed by atoms with E-state index in [1.165, 1.54) is 16.7 Å². The van der Waals surface area contributed by atoms with E-state index in [1.807, 2.05) is 30.3 Å². The smallest absolute Gasteiger partial charge is 0.255 e. The van der Waals surface area contributed by atoms with Gasteiger partial charge >= 0.3 is 0 Å². The van der Waals surface area contributed by atoms with Crippen LogP contribution in [-0.4, -0.2) is 45.1 Å². The fourth-order valence-corrected chi connectivity index (χ4v) is 5.39. The molecule has 2 fully saturated rings. The summed E-state index contributed by atoms with van der Waals surface area (Å²) in [6.45, 7) is 1.69. The molecule has 2 aromatic carbocycles. The maximum absolute atomic E-state index is 14.7. The molecule has 1 N–H and O–H groups in total. The largest absolute Gasteiger partial charge is 0.322 e. The molecule has 182 valence electrons. The number of halogens is 1. The zero-order valence-electron chi connectivity index (χ0n) is 19.6. The summed E-state index contributed by atoms with van der Waals surface area (Å²) in [5, 5.41) is 2.32. The van der Waals surface area contributed by atoms with Crippen molar-refractivity contribution in [2.24, 2.45) is 0 Å². The van der Waals surface area contributed by atoms with Gasteiger partial charge in [-0.2, -0.15) is 0 Å². The molecule has 2 atom stereocenters. The molecule has 0 spiro atoms. The molecule has 3 aliphatic heterocycles. The van der Waals surface area contributed by atoms with Crippen LogP contribution in [0.2, 0.25) is 0 Å². The number of benzene rings is 2. The second-order valence-electron chi connectivity index (χ2n) is 9.62. The van der Waals surface area contributed by atoms with Crippen LogP contribution in [0.15, 0.2) is 60.8 Å². The van der Waals surface area contributed by atoms with Gasteiger partial charge in [0.2, 0.25) is 11.8 Å². The number of fused-ring (bicyclic) bond motifs is 1. The van der Waals surface area contributed by atoms with Gasteiger partial charge in [-0.15, -0.1) is 0 Å². The minimum Gasteiger partial charge on any atom is -0.322 e. The summed E-state index contributed by atoms with van der Waals surface area (Å²) in [5.74, 6) is -1.30. The van der Waals surface area contributed by atoms with E-state index in [1.54, 1.807) is 12.1 Å². The van der Waals surface area contributed by atoms with Crippen molar-refractivity contribution in [3.63, 3.8) is 0 Å². The lowest BCUT2D eigenvalue weighted by atomic mass is 9.94. The van der Waals surface area contributed by atoms with Crippen molar-refractivity contribution in [1.82, 2.24) is 20.1 Å². The highest BCUT2D eigenvalue weighted by molar-refractivity contribution is 6.05. The SMILES string of the molecule is O=C1CCC(N2Cc3cc(-c4cc(CN5CCC5c5ccccc5)c(F)cn4)ccc3C2=O)C(=O)N1. The summed E-state index contributed by atoms with van der Waals surface area (Å²) in [7, 11) is 0. The van der Waals surface area contributed by atoms with Crippen molar-refractivity contribution in [2.75, 3.05) is 6.54 Å². The summed E-state index contributed by atoms with van der Waals surface area (Å²) in [5.41, 5.74) is 4.58. The number of piperidine rings is 1. The molecule has 4 heterocycles. The lowest BCUT2D eigenvalue weighted by molar-refractivity contribution is -0.136. The highest BCUT2D eigenvalue weighted by Crippen LogP contribution is 2.36. The molecular weight excluding hydrogens is 459 g/mol. The maximum atomic E-state index is 14.7. The van der Waals surface area contributed by atoms with E-state index in [0.29, 0.717) is 29.8 Å². The number of carbonyl (C=O) groups is 3. The van der Waals surface area contributed by atoms with Crippen LogP contribution < -0.4 is 5.32 Å². The topological polar surface area (TPSA) is 82.6 Å². The van der Waals surface area contributed by atoms with Gasteiger partial charge in [0.05, 0.1) is 11.9 Å². The first-order valence-corrected chi connectivity index (χ1v) is 12.2. The van der Waals surface area contributed by atoms with E-state index < -0.39 is 11.9 Å². The summed E-state index contributed by atoms with van der Waals surface area (Å²) in [6.07, 6.45) is 2.84. The minimum absolute atomic E-state index is 0.214. The van der Waals surface area contributed by atoms with Crippen LogP contribution in [0.3, 0.4) is 0 Å². The zero-order valence-corrected chi connectivity index (χ0v) is 19.6. The number of hydrogen-bond acceptors (Lipinski definition) is 5.